The summed E-state index contributed by atoms with van der Waals surface area (Å²) in [5.41, 5.74) is 0.919. The maximum Gasteiger partial charge on any atom is 0.287 e. The Kier molecular flexibility index (Phi) is 7.02. The summed E-state index contributed by atoms with van der Waals surface area (Å²) in [7, 11) is 0. The van der Waals surface area contributed by atoms with Crippen molar-refractivity contribution in [3.05, 3.63) is 42.2 Å². The number of carbonyl (C=O) groups is 1. The SMILES string of the molecule is Cl.Cl.O=C(NCC1CNCC1O)c1ccc(-c2nc3ccccc3s2)o1. The van der Waals surface area contributed by atoms with E-state index in [1.54, 1.807) is 12.1 Å². The third-order valence-electron chi connectivity index (χ3n) is 4.16. The normalized spacial score (nSPS) is 19.0. The molecule has 1 amide bonds. The lowest BCUT2D eigenvalue weighted by Crippen LogP contribution is -2.34. The highest BCUT2D eigenvalue weighted by Crippen LogP contribution is 2.31. The summed E-state index contributed by atoms with van der Waals surface area (Å²) in [6.45, 7) is 1.70. The Morgan fingerprint density at radius 2 is 2.08 bits per heavy atom. The van der Waals surface area contributed by atoms with Gasteiger partial charge in [-0.2, -0.15) is 0 Å². The zero-order valence-corrected chi connectivity index (χ0v) is 16.1. The Morgan fingerprint density at radius 3 is 2.81 bits per heavy atom. The molecule has 1 aromatic carbocycles. The highest BCUT2D eigenvalue weighted by Gasteiger charge is 2.25. The second kappa shape index (κ2) is 8.83. The van der Waals surface area contributed by atoms with Gasteiger partial charge >= 0.3 is 0 Å². The van der Waals surface area contributed by atoms with Crippen LogP contribution in [-0.4, -0.2) is 41.7 Å². The van der Waals surface area contributed by atoms with Gasteiger partial charge in [-0.05, 0) is 24.3 Å². The van der Waals surface area contributed by atoms with Gasteiger partial charge in [0.25, 0.3) is 5.91 Å². The first-order valence-electron chi connectivity index (χ1n) is 7.83. The molecule has 0 bridgehead atoms. The number of halogens is 2. The number of benzene rings is 1. The van der Waals surface area contributed by atoms with Crippen LogP contribution in [0.4, 0.5) is 0 Å². The zero-order valence-electron chi connectivity index (χ0n) is 13.7. The zero-order chi connectivity index (χ0) is 16.5. The molecular formula is C17H19Cl2N3O3S. The number of aliphatic hydroxyl groups is 1. The van der Waals surface area contributed by atoms with Gasteiger partial charge in [0.1, 0.15) is 0 Å². The Balaban J connectivity index is 0.00000121. The molecule has 1 aliphatic heterocycles. The Bertz CT molecular complexity index is 850. The first-order valence-corrected chi connectivity index (χ1v) is 8.65. The van der Waals surface area contributed by atoms with E-state index < -0.39 is 6.10 Å². The van der Waals surface area contributed by atoms with E-state index in [0.29, 0.717) is 25.4 Å². The third-order valence-corrected chi connectivity index (χ3v) is 5.21. The predicted molar refractivity (Wildman–Crippen MR) is 107 cm³/mol. The standard InChI is InChI=1S/C17H17N3O3S.2ClH/c21-12-9-18-7-10(12)8-19-16(22)13-5-6-14(23-13)17-20-11-3-1-2-4-15(11)24-17;;/h1-6,10,12,18,21H,7-9H2,(H,19,22);2*1H. The fraction of sp³-hybridized carbons (Fsp3) is 0.294. The van der Waals surface area contributed by atoms with Gasteiger partial charge in [-0.3, -0.25) is 4.79 Å². The number of rotatable bonds is 4. The number of carbonyl (C=O) groups excluding carboxylic acids is 1. The van der Waals surface area contributed by atoms with Crippen LogP contribution in [0.25, 0.3) is 21.0 Å². The average molecular weight is 416 g/mol. The van der Waals surface area contributed by atoms with Gasteiger partial charge < -0.3 is 20.2 Å². The van der Waals surface area contributed by atoms with Crippen molar-refractivity contribution in [3.63, 3.8) is 0 Å². The lowest BCUT2D eigenvalue weighted by Gasteiger charge is -2.13. The molecule has 1 fully saturated rings. The van der Waals surface area contributed by atoms with Crippen molar-refractivity contribution in [2.75, 3.05) is 19.6 Å². The van der Waals surface area contributed by atoms with Crippen LogP contribution < -0.4 is 10.6 Å². The number of thiazole rings is 1. The van der Waals surface area contributed by atoms with E-state index >= 15 is 0 Å². The van der Waals surface area contributed by atoms with Crippen LogP contribution in [0.3, 0.4) is 0 Å². The van der Waals surface area contributed by atoms with Crippen LogP contribution in [-0.2, 0) is 0 Å². The second-order valence-electron chi connectivity index (χ2n) is 5.85. The van der Waals surface area contributed by atoms with Gasteiger partial charge in [0.05, 0.1) is 16.3 Å². The summed E-state index contributed by atoms with van der Waals surface area (Å²) in [4.78, 5) is 16.7. The number of hydrogen-bond donors (Lipinski definition) is 3. The molecule has 0 saturated carbocycles. The van der Waals surface area contributed by atoms with Crippen molar-refractivity contribution in [3.8, 4) is 10.8 Å². The second-order valence-corrected chi connectivity index (χ2v) is 6.88. The number of aromatic nitrogens is 1. The summed E-state index contributed by atoms with van der Waals surface area (Å²) < 4.78 is 6.74. The highest BCUT2D eigenvalue weighted by atomic mass is 35.5. The molecule has 3 N–H and O–H groups in total. The molecule has 6 nitrogen and oxygen atoms in total. The first kappa shape index (κ1) is 20.7. The summed E-state index contributed by atoms with van der Waals surface area (Å²) in [6.07, 6.45) is -0.416. The van der Waals surface area contributed by atoms with E-state index in [0.717, 1.165) is 15.2 Å². The van der Waals surface area contributed by atoms with E-state index in [1.165, 1.54) is 11.3 Å². The van der Waals surface area contributed by atoms with Crippen molar-refractivity contribution >= 4 is 52.3 Å². The van der Waals surface area contributed by atoms with Crippen molar-refractivity contribution in [2.45, 2.75) is 6.10 Å². The fourth-order valence-electron chi connectivity index (χ4n) is 2.79. The van der Waals surface area contributed by atoms with Gasteiger partial charge in [0, 0.05) is 25.6 Å². The van der Waals surface area contributed by atoms with E-state index in [9.17, 15) is 9.90 Å². The van der Waals surface area contributed by atoms with Crippen LogP contribution in [0.1, 0.15) is 10.6 Å². The highest BCUT2D eigenvalue weighted by molar-refractivity contribution is 7.21. The molecule has 1 aliphatic rings. The quantitative estimate of drug-likeness (QED) is 0.609. The van der Waals surface area contributed by atoms with Crippen molar-refractivity contribution in [2.24, 2.45) is 5.92 Å². The van der Waals surface area contributed by atoms with Crippen LogP contribution in [0.5, 0.6) is 0 Å². The number of β-amino-alcohol motifs (C(OH)–C–C–N with tert-alkyl or cyclic N) is 1. The molecule has 4 rings (SSSR count). The van der Waals surface area contributed by atoms with Gasteiger partial charge in [-0.1, -0.05) is 12.1 Å². The monoisotopic (exact) mass is 415 g/mol. The average Bonchev–Trinajstić information content (AvgIpc) is 3.31. The number of nitrogens with zero attached hydrogens (tertiary/aromatic N) is 1. The molecule has 9 heteroatoms. The van der Waals surface area contributed by atoms with Crippen LogP contribution in [0, 0.1) is 5.92 Å². The van der Waals surface area contributed by atoms with E-state index in [-0.39, 0.29) is 42.4 Å². The molecular weight excluding hydrogens is 397 g/mol. The largest absolute Gasteiger partial charge is 0.448 e. The lowest BCUT2D eigenvalue weighted by molar-refractivity contribution is 0.0900. The number of hydrogen-bond acceptors (Lipinski definition) is 6. The number of para-hydroxylation sites is 1. The summed E-state index contributed by atoms with van der Waals surface area (Å²) in [6, 6.07) is 11.3. The van der Waals surface area contributed by atoms with Gasteiger partial charge in [0.15, 0.2) is 16.5 Å². The molecule has 140 valence electrons. The summed E-state index contributed by atoms with van der Waals surface area (Å²) >= 11 is 1.53. The maximum absolute atomic E-state index is 12.2. The molecule has 3 heterocycles. The minimum absolute atomic E-state index is 0. The van der Waals surface area contributed by atoms with Crippen LogP contribution in [0.2, 0.25) is 0 Å². The van der Waals surface area contributed by atoms with Crippen molar-refractivity contribution < 1.29 is 14.3 Å². The smallest absolute Gasteiger partial charge is 0.287 e. The van der Waals surface area contributed by atoms with Gasteiger partial charge in [-0.25, -0.2) is 4.98 Å². The molecule has 0 aliphatic carbocycles. The minimum Gasteiger partial charge on any atom is -0.448 e. The van der Waals surface area contributed by atoms with Crippen molar-refractivity contribution in [1.82, 2.24) is 15.6 Å². The molecule has 26 heavy (non-hydrogen) atoms. The number of amides is 1. The Labute approximate surface area is 166 Å². The van der Waals surface area contributed by atoms with E-state index in [1.807, 2.05) is 24.3 Å². The molecule has 2 unspecified atom stereocenters. The lowest BCUT2D eigenvalue weighted by atomic mass is 10.1. The molecule has 0 radical (unpaired) electrons. The van der Waals surface area contributed by atoms with Crippen LogP contribution >= 0.6 is 36.2 Å². The van der Waals surface area contributed by atoms with Gasteiger partial charge in [-0.15, -0.1) is 36.2 Å². The van der Waals surface area contributed by atoms with Crippen LogP contribution in [0.15, 0.2) is 40.8 Å². The number of aliphatic hydroxyl groups excluding tert-OH is 1. The van der Waals surface area contributed by atoms with E-state index in [2.05, 4.69) is 15.6 Å². The minimum atomic E-state index is -0.416. The maximum atomic E-state index is 12.2. The molecule has 1 saturated heterocycles. The molecule has 0 spiro atoms. The molecule has 2 aromatic heterocycles. The summed E-state index contributed by atoms with van der Waals surface area (Å²) in [5.74, 6) is 0.600. The van der Waals surface area contributed by atoms with E-state index in [4.69, 9.17) is 4.42 Å². The predicted octanol–water partition coefficient (Wildman–Crippen LogP) is 2.71. The number of fused-ring (bicyclic) bond motifs is 1. The summed E-state index contributed by atoms with van der Waals surface area (Å²) in [5, 5.41) is 16.4. The Morgan fingerprint density at radius 1 is 1.27 bits per heavy atom. The Hall–Kier alpha value is -1.64. The molecule has 2 atom stereocenters. The number of furan rings is 1. The first-order chi connectivity index (χ1) is 11.7. The van der Waals surface area contributed by atoms with Gasteiger partial charge in [0.2, 0.25) is 0 Å². The fourth-order valence-corrected chi connectivity index (χ4v) is 3.72. The molecule has 3 aromatic rings. The number of nitrogens with one attached hydrogen (secondary N) is 2. The topological polar surface area (TPSA) is 87.4 Å². The van der Waals surface area contributed by atoms with Crippen molar-refractivity contribution in [1.29, 1.82) is 0 Å². The third kappa shape index (κ3) is 4.19.